The molecule has 0 aliphatic carbocycles. The number of halogens is 3. The fourth-order valence-electron chi connectivity index (χ4n) is 4.04. The molecule has 6 nitrogen and oxygen atoms in total. The molecule has 0 unspecified atom stereocenters. The molecule has 5 rings (SSSR count). The monoisotopic (exact) mass is 664 g/mol. The van der Waals surface area contributed by atoms with Crippen LogP contribution in [-0.2, 0) is 16.2 Å². The van der Waals surface area contributed by atoms with Gasteiger partial charge in [-0.15, -0.1) is 0 Å². The van der Waals surface area contributed by atoms with Gasteiger partial charge in [0, 0.05) is 5.02 Å². The first-order chi connectivity index (χ1) is 18.8. The average molecular weight is 667 g/mol. The molecule has 4 aromatic rings. The SMILES string of the molecule is O=C1C(=Cc2cc(Br)c(OCc3ccc(Cl)cc3)c(Br)c2)C(=O)N(c2ccccc2)C(=O)N1c1ccccc1. The number of benzene rings is 4. The standard InChI is InChI=1S/C30H19Br2ClN2O4/c31-25-16-20(17-26(32)27(25)39-18-19-11-13-21(33)14-12-19)15-24-28(36)34(22-7-3-1-4-8-22)30(38)35(29(24)37)23-9-5-2-6-10-23/h1-17H,18H2. The normalized spacial score (nSPS) is 13.6. The highest BCUT2D eigenvalue weighted by Crippen LogP contribution is 2.37. The Morgan fingerprint density at radius 1 is 0.718 bits per heavy atom. The van der Waals surface area contributed by atoms with E-state index in [1.807, 2.05) is 12.1 Å². The number of anilines is 2. The molecular weight excluding hydrogens is 648 g/mol. The highest BCUT2D eigenvalue weighted by atomic mass is 79.9. The number of amides is 4. The van der Waals surface area contributed by atoms with E-state index < -0.39 is 17.8 Å². The van der Waals surface area contributed by atoms with Gasteiger partial charge in [-0.3, -0.25) is 9.59 Å². The molecule has 1 aliphatic heterocycles. The zero-order valence-electron chi connectivity index (χ0n) is 20.2. The first-order valence-corrected chi connectivity index (χ1v) is 13.7. The lowest BCUT2D eigenvalue weighted by Gasteiger charge is -2.34. The van der Waals surface area contributed by atoms with Crippen LogP contribution in [0.5, 0.6) is 5.75 Å². The lowest BCUT2D eigenvalue weighted by atomic mass is 10.0. The summed E-state index contributed by atoms with van der Waals surface area (Å²) in [6.07, 6.45) is 1.47. The van der Waals surface area contributed by atoms with Crippen LogP contribution >= 0.6 is 43.5 Å². The molecule has 0 aromatic heterocycles. The van der Waals surface area contributed by atoms with E-state index in [4.69, 9.17) is 16.3 Å². The summed E-state index contributed by atoms with van der Waals surface area (Å²) in [5, 5.41) is 0.642. The number of carbonyl (C=O) groups excluding carboxylic acids is 3. The third-order valence-corrected chi connectivity index (χ3v) is 7.34. The second-order valence-electron chi connectivity index (χ2n) is 8.52. The van der Waals surface area contributed by atoms with Crippen LogP contribution in [0.15, 0.2) is 112 Å². The summed E-state index contributed by atoms with van der Waals surface area (Å²) in [5.41, 5.74) is 2.06. The Labute approximate surface area is 246 Å². The molecule has 0 saturated carbocycles. The maximum atomic E-state index is 13.6. The molecule has 0 radical (unpaired) electrons. The Hall–Kier alpha value is -3.72. The van der Waals surface area contributed by atoms with Gasteiger partial charge in [-0.2, -0.15) is 0 Å². The fourth-order valence-corrected chi connectivity index (χ4v) is 5.62. The Morgan fingerprint density at radius 2 is 1.21 bits per heavy atom. The minimum absolute atomic E-state index is 0.157. The number of barbiturate groups is 1. The minimum atomic E-state index is -0.743. The molecule has 1 aliphatic rings. The van der Waals surface area contributed by atoms with E-state index in [1.54, 1.807) is 84.9 Å². The van der Waals surface area contributed by atoms with Gasteiger partial charge < -0.3 is 4.74 Å². The van der Waals surface area contributed by atoms with Crippen LogP contribution in [0.25, 0.3) is 6.08 Å². The number of carbonyl (C=O) groups is 3. The maximum absolute atomic E-state index is 13.6. The summed E-state index contributed by atoms with van der Waals surface area (Å²) in [6, 6.07) is 27.1. The zero-order chi connectivity index (χ0) is 27.5. The number of hydrogen-bond donors (Lipinski definition) is 0. The second-order valence-corrected chi connectivity index (χ2v) is 10.7. The quantitative estimate of drug-likeness (QED) is 0.154. The molecule has 0 bridgehead atoms. The minimum Gasteiger partial charge on any atom is -0.487 e. The van der Waals surface area contributed by atoms with Crippen molar-refractivity contribution in [3.05, 3.63) is 128 Å². The molecule has 0 atom stereocenters. The van der Waals surface area contributed by atoms with E-state index in [0.717, 1.165) is 15.4 Å². The maximum Gasteiger partial charge on any atom is 0.343 e. The number of hydrogen-bond acceptors (Lipinski definition) is 4. The number of urea groups is 1. The van der Waals surface area contributed by atoms with Crippen molar-refractivity contribution >= 4 is 78.8 Å². The summed E-state index contributed by atoms with van der Waals surface area (Å²) in [6.45, 7) is 0.311. The van der Waals surface area contributed by atoms with E-state index in [1.165, 1.54) is 6.08 Å². The Balaban J connectivity index is 1.51. The summed E-state index contributed by atoms with van der Waals surface area (Å²) in [7, 11) is 0. The van der Waals surface area contributed by atoms with Crippen LogP contribution in [0.1, 0.15) is 11.1 Å². The summed E-state index contributed by atoms with van der Waals surface area (Å²) < 4.78 is 7.22. The van der Waals surface area contributed by atoms with Gasteiger partial charge in [0.1, 0.15) is 17.9 Å². The van der Waals surface area contributed by atoms with Crippen molar-refractivity contribution in [3.8, 4) is 5.75 Å². The predicted molar refractivity (Wildman–Crippen MR) is 159 cm³/mol. The molecule has 1 heterocycles. The van der Waals surface area contributed by atoms with E-state index in [9.17, 15) is 14.4 Å². The molecule has 39 heavy (non-hydrogen) atoms. The van der Waals surface area contributed by atoms with Gasteiger partial charge in [-0.05, 0) is 97.6 Å². The van der Waals surface area contributed by atoms with Crippen molar-refractivity contribution < 1.29 is 19.1 Å². The molecule has 1 fully saturated rings. The van der Waals surface area contributed by atoms with Gasteiger partial charge >= 0.3 is 6.03 Å². The van der Waals surface area contributed by atoms with E-state index in [-0.39, 0.29) is 5.57 Å². The summed E-state index contributed by atoms with van der Waals surface area (Å²) >= 11 is 13.0. The number of ether oxygens (including phenoxy) is 1. The lowest BCUT2D eigenvalue weighted by molar-refractivity contribution is -0.121. The first kappa shape index (κ1) is 26.9. The third kappa shape index (κ3) is 5.68. The van der Waals surface area contributed by atoms with Crippen molar-refractivity contribution in [2.75, 3.05) is 9.80 Å². The summed E-state index contributed by atoms with van der Waals surface area (Å²) in [4.78, 5) is 42.6. The highest BCUT2D eigenvalue weighted by molar-refractivity contribution is 9.11. The van der Waals surface area contributed by atoms with Crippen molar-refractivity contribution in [1.82, 2.24) is 0 Å². The van der Waals surface area contributed by atoms with Crippen molar-refractivity contribution in [2.24, 2.45) is 0 Å². The molecule has 0 spiro atoms. The largest absolute Gasteiger partial charge is 0.487 e. The third-order valence-electron chi connectivity index (χ3n) is 5.91. The van der Waals surface area contributed by atoms with E-state index >= 15 is 0 Å². The molecule has 194 valence electrons. The highest BCUT2D eigenvalue weighted by Gasteiger charge is 2.43. The number of rotatable bonds is 6. The molecule has 0 N–H and O–H groups in total. The molecular formula is C30H19Br2ClN2O4. The van der Waals surface area contributed by atoms with E-state index in [0.29, 0.717) is 43.3 Å². The van der Waals surface area contributed by atoms with Crippen LogP contribution in [0, 0.1) is 0 Å². The van der Waals surface area contributed by atoms with Crippen molar-refractivity contribution in [2.45, 2.75) is 6.61 Å². The average Bonchev–Trinajstić information content (AvgIpc) is 2.93. The van der Waals surface area contributed by atoms with Gasteiger partial charge in [0.2, 0.25) is 0 Å². The molecule has 9 heteroatoms. The number of imide groups is 2. The van der Waals surface area contributed by atoms with Gasteiger partial charge in [0.25, 0.3) is 11.8 Å². The number of para-hydroxylation sites is 2. The van der Waals surface area contributed by atoms with E-state index in [2.05, 4.69) is 31.9 Å². The fraction of sp³-hybridized carbons (Fsp3) is 0.0333. The van der Waals surface area contributed by atoms with Gasteiger partial charge in [-0.1, -0.05) is 60.1 Å². The van der Waals surface area contributed by atoms with Gasteiger partial charge in [0.05, 0.1) is 20.3 Å². The number of nitrogens with zero attached hydrogens (tertiary/aromatic N) is 2. The second kappa shape index (κ2) is 11.6. The van der Waals surface area contributed by atoms with Crippen LogP contribution < -0.4 is 14.5 Å². The predicted octanol–water partition coefficient (Wildman–Crippen LogP) is 8.03. The summed E-state index contributed by atoms with van der Waals surface area (Å²) in [5.74, 6) is -0.863. The Bertz CT molecular complexity index is 1510. The Morgan fingerprint density at radius 3 is 1.69 bits per heavy atom. The van der Waals surface area contributed by atoms with Crippen LogP contribution in [0.3, 0.4) is 0 Å². The van der Waals surface area contributed by atoms with Crippen molar-refractivity contribution in [3.63, 3.8) is 0 Å². The first-order valence-electron chi connectivity index (χ1n) is 11.7. The van der Waals surface area contributed by atoms with Gasteiger partial charge in [-0.25, -0.2) is 14.6 Å². The molecule has 4 aromatic carbocycles. The lowest BCUT2D eigenvalue weighted by Crippen LogP contribution is -2.57. The van der Waals surface area contributed by atoms with Gasteiger partial charge in [0.15, 0.2) is 0 Å². The molecule has 1 saturated heterocycles. The smallest absolute Gasteiger partial charge is 0.343 e. The van der Waals surface area contributed by atoms with Crippen LogP contribution in [0.2, 0.25) is 5.02 Å². The van der Waals surface area contributed by atoms with Crippen LogP contribution in [0.4, 0.5) is 16.2 Å². The Kier molecular flexibility index (Phi) is 7.97. The molecule has 4 amide bonds. The zero-order valence-corrected chi connectivity index (χ0v) is 24.1. The van der Waals surface area contributed by atoms with Crippen LogP contribution in [-0.4, -0.2) is 17.8 Å². The van der Waals surface area contributed by atoms with Crippen molar-refractivity contribution in [1.29, 1.82) is 0 Å². The topological polar surface area (TPSA) is 66.9 Å².